The molecule has 0 aliphatic carbocycles. The summed E-state index contributed by atoms with van der Waals surface area (Å²) in [5, 5.41) is 0. The lowest BCUT2D eigenvalue weighted by molar-refractivity contribution is 0.222. The fraction of sp³-hybridized carbons (Fsp3) is 0.625. The van der Waals surface area contributed by atoms with E-state index in [1.807, 2.05) is 26.0 Å². The molecular weight excluding hydrogens is 250 g/mol. The van der Waals surface area contributed by atoms with E-state index in [0.29, 0.717) is 6.54 Å². The quantitative estimate of drug-likeness (QED) is 0.790. The van der Waals surface area contributed by atoms with Gasteiger partial charge in [0.2, 0.25) is 0 Å². The summed E-state index contributed by atoms with van der Waals surface area (Å²) in [6.07, 6.45) is 0.203. The molecule has 0 fully saturated rings. The maximum atomic E-state index is 5.94. The van der Waals surface area contributed by atoms with Gasteiger partial charge in [0.15, 0.2) is 0 Å². The number of hydrogen-bond acceptors (Lipinski definition) is 4. The lowest BCUT2D eigenvalue weighted by Gasteiger charge is -2.28. The second-order valence-corrected chi connectivity index (χ2v) is 5.77. The topological polar surface area (TPSA) is 41.7 Å². The molecule has 114 valence electrons. The van der Waals surface area contributed by atoms with Gasteiger partial charge in [0.1, 0.15) is 5.75 Å². The molecule has 0 aromatic heterocycles. The van der Waals surface area contributed by atoms with Crippen molar-refractivity contribution in [2.45, 2.75) is 26.0 Å². The fourth-order valence-electron chi connectivity index (χ4n) is 2.12. The second kappa shape index (κ2) is 8.25. The van der Waals surface area contributed by atoms with Crippen LogP contribution in [0.3, 0.4) is 0 Å². The van der Waals surface area contributed by atoms with Crippen LogP contribution in [0.4, 0.5) is 0 Å². The highest BCUT2D eigenvalue weighted by atomic mass is 16.5. The number of nitrogens with zero attached hydrogens (tertiary/aromatic N) is 2. The second-order valence-electron chi connectivity index (χ2n) is 5.77. The smallest absolute Gasteiger partial charge is 0.119 e. The summed E-state index contributed by atoms with van der Waals surface area (Å²) in [5.41, 5.74) is 7.18. The van der Waals surface area contributed by atoms with E-state index in [-0.39, 0.29) is 12.1 Å². The predicted molar refractivity (Wildman–Crippen MR) is 85.2 cm³/mol. The Kier molecular flexibility index (Phi) is 6.99. The third-order valence-corrected chi connectivity index (χ3v) is 3.29. The number of ether oxygens (including phenoxy) is 1. The van der Waals surface area contributed by atoms with Crippen molar-refractivity contribution in [1.29, 1.82) is 0 Å². The van der Waals surface area contributed by atoms with E-state index in [0.717, 1.165) is 18.8 Å². The Balaban J connectivity index is 2.69. The summed E-state index contributed by atoms with van der Waals surface area (Å²) >= 11 is 0. The van der Waals surface area contributed by atoms with Crippen LogP contribution < -0.4 is 10.5 Å². The van der Waals surface area contributed by atoms with Gasteiger partial charge in [-0.1, -0.05) is 12.1 Å². The van der Waals surface area contributed by atoms with Crippen molar-refractivity contribution in [1.82, 2.24) is 9.80 Å². The van der Waals surface area contributed by atoms with Crippen LogP contribution in [-0.4, -0.2) is 56.7 Å². The van der Waals surface area contributed by atoms with Crippen LogP contribution >= 0.6 is 0 Å². The molecule has 0 heterocycles. The molecule has 1 aromatic carbocycles. The van der Waals surface area contributed by atoms with E-state index in [4.69, 9.17) is 10.5 Å². The first kappa shape index (κ1) is 17.0. The van der Waals surface area contributed by atoms with E-state index in [1.165, 1.54) is 5.56 Å². The van der Waals surface area contributed by atoms with E-state index in [1.54, 1.807) is 0 Å². The molecule has 20 heavy (non-hydrogen) atoms. The summed E-state index contributed by atoms with van der Waals surface area (Å²) < 4.78 is 5.67. The minimum Gasteiger partial charge on any atom is -0.491 e. The molecular formula is C16H29N3O. The van der Waals surface area contributed by atoms with Crippen molar-refractivity contribution < 1.29 is 4.74 Å². The molecule has 0 aliphatic rings. The van der Waals surface area contributed by atoms with Gasteiger partial charge in [-0.15, -0.1) is 0 Å². The number of benzene rings is 1. The van der Waals surface area contributed by atoms with Gasteiger partial charge in [0.05, 0.1) is 6.10 Å². The molecule has 4 heteroatoms. The Morgan fingerprint density at radius 2 is 1.65 bits per heavy atom. The van der Waals surface area contributed by atoms with Crippen molar-refractivity contribution in [2.24, 2.45) is 5.73 Å². The van der Waals surface area contributed by atoms with Crippen molar-refractivity contribution >= 4 is 0 Å². The maximum absolute atomic E-state index is 5.94. The van der Waals surface area contributed by atoms with Gasteiger partial charge < -0.3 is 15.4 Å². The Bertz CT molecular complexity index is 376. The molecule has 0 radical (unpaired) electrons. The van der Waals surface area contributed by atoms with Crippen LogP contribution in [0, 0.1) is 0 Å². The summed E-state index contributed by atoms with van der Waals surface area (Å²) in [7, 11) is 6.30. The van der Waals surface area contributed by atoms with E-state index in [9.17, 15) is 0 Å². The SMILES string of the molecule is CC(C)Oc1ccc(C(CN)N(C)CCN(C)C)cc1. The van der Waals surface area contributed by atoms with E-state index in [2.05, 4.69) is 43.1 Å². The van der Waals surface area contributed by atoms with Gasteiger partial charge in [-0.05, 0) is 52.7 Å². The molecule has 0 aliphatic heterocycles. The minimum atomic E-state index is 0.203. The van der Waals surface area contributed by atoms with Crippen LogP contribution in [0.5, 0.6) is 5.75 Å². The lowest BCUT2D eigenvalue weighted by Crippen LogP contribution is -2.35. The number of hydrogen-bond donors (Lipinski definition) is 1. The van der Waals surface area contributed by atoms with Gasteiger partial charge >= 0.3 is 0 Å². The zero-order chi connectivity index (χ0) is 15.1. The molecule has 0 spiro atoms. The highest BCUT2D eigenvalue weighted by molar-refractivity contribution is 5.29. The van der Waals surface area contributed by atoms with Gasteiger partial charge in [-0.3, -0.25) is 4.90 Å². The zero-order valence-corrected chi connectivity index (χ0v) is 13.5. The summed E-state index contributed by atoms with van der Waals surface area (Å²) in [6.45, 7) is 6.71. The van der Waals surface area contributed by atoms with Gasteiger partial charge in [0, 0.05) is 25.7 Å². The normalized spacial score (nSPS) is 13.2. The van der Waals surface area contributed by atoms with Crippen molar-refractivity contribution in [3.05, 3.63) is 29.8 Å². The zero-order valence-electron chi connectivity index (χ0n) is 13.5. The molecule has 1 aromatic rings. The van der Waals surface area contributed by atoms with Crippen molar-refractivity contribution in [3.8, 4) is 5.75 Å². The first-order valence-corrected chi connectivity index (χ1v) is 7.25. The van der Waals surface area contributed by atoms with Crippen molar-refractivity contribution in [2.75, 3.05) is 40.8 Å². The molecule has 0 saturated carbocycles. The Hall–Kier alpha value is -1.10. The van der Waals surface area contributed by atoms with Crippen LogP contribution in [0.15, 0.2) is 24.3 Å². The minimum absolute atomic E-state index is 0.203. The molecule has 1 rings (SSSR count). The standard InChI is InChI=1S/C16H29N3O/c1-13(2)20-15-8-6-14(7-9-15)16(12-17)19(5)11-10-18(3)4/h6-9,13,16H,10-12,17H2,1-5H3. The highest BCUT2D eigenvalue weighted by Crippen LogP contribution is 2.21. The molecule has 2 N–H and O–H groups in total. The molecule has 0 bridgehead atoms. The van der Waals surface area contributed by atoms with Crippen LogP contribution in [0.1, 0.15) is 25.5 Å². The highest BCUT2D eigenvalue weighted by Gasteiger charge is 2.15. The Labute approximate surface area is 123 Å². The average Bonchev–Trinajstić information content (AvgIpc) is 2.38. The number of likely N-dealkylation sites (N-methyl/N-ethyl adjacent to an activating group) is 2. The van der Waals surface area contributed by atoms with Gasteiger partial charge in [0.25, 0.3) is 0 Å². The molecule has 0 saturated heterocycles. The molecule has 0 amide bonds. The summed E-state index contributed by atoms with van der Waals surface area (Å²) in [4.78, 5) is 4.49. The first-order chi connectivity index (χ1) is 9.43. The Morgan fingerprint density at radius 3 is 2.10 bits per heavy atom. The van der Waals surface area contributed by atoms with Crippen LogP contribution in [0.2, 0.25) is 0 Å². The maximum Gasteiger partial charge on any atom is 0.119 e. The number of nitrogens with two attached hydrogens (primary N) is 1. The van der Waals surface area contributed by atoms with E-state index < -0.39 is 0 Å². The molecule has 1 unspecified atom stereocenters. The third-order valence-electron chi connectivity index (χ3n) is 3.29. The van der Waals surface area contributed by atoms with E-state index >= 15 is 0 Å². The monoisotopic (exact) mass is 279 g/mol. The average molecular weight is 279 g/mol. The van der Waals surface area contributed by atoms with Gasteiger partial charge in [-0.25, -0.2) is 0 Å². The molecule has 4 nitrogen and oxygen atoms in total. The lowest BCUT2D eigenvalue weighted by atomic mass is 10.1. The third kappa shape index (κ3) is 5.49. The summed E-state index contributed by atoms with van der Waals surface area (Å²) in [6, 6.07) is 8.53. The van der Waals surface area contributed by atoms with Crippen LogP contribution in [0.25, 0.3) is 0 Å². The largest absolute Gasteiger partial charge is 0.491 e. The van der Waals surface area contributed by atoms with Crippen molar-refractivity contribution in [3.63, 3.8) is 0 Å². The number of rotatable bonds is 8. The van der Waals surface area contributed by atoms with Crippen LogP contribution in [-0.2, 0) is 0 Å². The summed E-state index contributed by atoms with van der Waals surface area (Å²) in [5.74, 6) is 0.912. The molecule has 1 atom stereocenters. The predicted octanol–water partition coefficient (Wildman–Crippen LogP) is 1.97. The first-order valence-electron chi connectivity index (χ1n) is 7.25. The van der Waals surface area contributed by atoms with Gasteiger partial charge in [-0.2, -0.15) is 0 Å². The Morgan fingerprint density at radius 1 is 1.05 bits per heavy atom. The fourth-order valence-corrected chi connectivity index (χ4v) is 2.12.